The maximum absolute atomic E-state index is 13.4. The molecular weight excluding hydrogens is 510 g/mol. The second-order valence-electron chi connectivity index (χ2n) is 8.98. The average Bonchev–Trinajstić information content (AvgIpc) is 3.41. The van der Waals surface area contributed by atoms with E-state index in [1.165, 1.54) is 12.5 Å². The van der Waals surface area contributed by atoms with Gasteiger partial charge < -0.3 is 42.6 Å². The highest BCUT2D eigenvalue weighted by molar-refractivity contribution is 5.94. The first kappa shape index (κ1) is 30.9. The number of carboxylic acids is 2. The molecule has 4 unspecified atom stereocenters. The number of unbranched alkanes of at least 4 members (excludes halogenated alkanes) is 1. The lowest BCUT2D eigenvalue weighted by Gasteiger charge is -2.25. The summed E-state index contributed by atoms with van der Waals surface area (Å²) in [5, 5.41) is 25.7. The van der Waals surface area contributed by atoms with Gasteiger partial charge in [-0.3, -0.25) is 19.2 Å². The van der Waals surface area contributed by atoms with Crippen molar-refractivity contribution >= 4 is 29.7 Å². The molecule has 4 atom stereocenters. The van der Waals surface area contributed by atoms with Crippen molar-refractivity contribution in [2.24, 2.45) is 11.5 Å². The van der Waals surface area contributed by atoms with Crippen LogP contribution in [-0.2, 0) is 36.8 Å². The van der Waals surface area contributed by atoms with Crippen molar-refractivity contribution in [1.29, 1.82) is 0 Å². The smallest absolute Gasteiger partial charge is 0.326 e. The lowest BCUT2D eigenvalue weighted by Crippen LogP contribution is -2.58. The van der Waals surface area contributed by atoms with Crippen molar-refractivity contribution in [3.05, 3.63) is 54.1 Å². The normalized spacial score (nSPS) is 13.9. The third kappa shape index (κ3) is 10.9. The maximum Gasteiger partial charge on any atom is 0.326 e. The van der Waals surface area contributed by atoms with Crippen molar-refractivity contribution in [3.63, 3.8) is 0 Å². The Kier molecular flexibility index (Phi) is 12.6. The first-order chi connectivity index (χ1) is 18.6. The summed E-state index contributed by atoms with van der Waals surface area (Å²) in [5.74, 6) is -5.16. The number of imidazole rings is 1. The highest BCUT2D eigenvalue weighted by Crippen LogP contribution is 2.07. The molecule has 0 radical (unpaired) electrons. The summed E-state index contributed by atoms with van der Waals surface area (Å²) in [4.78, 5) is 68.4. The van der Waals surface area contributed by atoms with Crippen LogP contribution in [-0.4, -0.2) is 80.6 Å². The van der Waals surface area contributed by atoms with Gasteiger partial charge in [0.25, 0.3) is 0 Å². The second-order valence-corrected chi connectivity index (χ2v) is 8.98. The molecule has 1 aromatic heterocycles. The molecule has 3 amide bonds. The van der Waals surface area contributed by atoms with Gasteiger partial charge in [-0.05, 0) is 24.9 Å². The molecule has 0 saturated carbocycles. The molecule has 0 aliphatic heterocycles. The number of rotatable bonds is 17. The molecule has 1 heterocycles. The van der Waals surface area contributed by atoms with E-state index >= 15 is 0 Å². The summed E-state index contributed by atoms with van der Waals surface area (Å²) >= 11 is 0. The fraction of sp³-hybridized carbons (Fsp3) is 0.440. The van der Waals surface area contributed by atoms with Gasteiger partial charge in [-0.25, -0.2) is 9.78 Å². The standard InChI is InChI=1S/C25H35N7O7/c26-9-5-4-8-17(27)22(35)30-18(10-15-6-2-1-3-7-15)23(36)31-19(11-16-13-28-14-29-16)24(37)32-20(25(38)39)12-21(33)34/h1-3,6-7,13-14,17-20H,4-5,8-12,26-27H2,(H,28,29)(H,30,35)(H,31,36)(H,32,37)(H,33,34)(H,38,39). The summed E-state index contributed by atoms with van der Waals surface area (Å²) in [6, 6.07) is 3.85. The van der Waals surface area contributed by atoms with Gasteiger partial charge in [0.15, 0.2) is 0 Å². The van der Waals surface area contributed by atoms with Crippen LogP contribution in [0.3, 0.4) is 0 Å². The molecule has 14 nitrogen and oxygen atoms in total. The van der Waals surface area contributed by atoms with Gasteiger partial charge in [0.2, 0.25) is 17.7 Å². The molecule has 212 valence electrons. The number of nitrogens with two attached hydrogens (primary N) is 2. The zero-order valence-corrected chi connectivity index (χ0v) is 21.3. The molecule has 0 spiro atoms. The molecular formula is C25H35N7O7. The number of aromatic amines is 1. The van der Waals surface area contributed by atoms with Crippen LogP contribution >= 0.6 is 0 Å². The number of hydrogen-bond donors (Lipinski definition) is 8. The highest BCUT2D eigenvalue weighted by Gasteiger charge is 2.31. The third-order valence-corrected chi connectivity index (χ3v) is 5.83. The lowest BCUT2D eigenvalue weighted by atomic mass is 10.0. The lowest BCUT2D eigenvalue weighted by molar-refractivity contribution is -0.147. The number of aromatic nitrogens is 2. The quantitative estimate of drug-likeness (QED) is 0.109. The number of hydrogen-bond acceptors (Lipinski definition) is 8. The monoisotopic (exact) mass is 545 g/mol. The van der Waals surface area contributed by atoms with Crippen LogP contribution in [0.15, 0.2) is 42.9 Å². The van der Waals surface area contributed by atoms with E-state index in [0.29, 0.717) is 31.5 Å². The molecule has 14 heteroatoms. The van der Waals surface area contributed by atoms with Gasteiger partial charge in [0.05, 0.1) is 18.8 Å². The van der Waals surface area contributed by atoms with Crippen LogP contribution in [0.4, 0.5) is 0 Å². The summed E-state index contributed by atoms with van der Waals surface area (Å²) in [6.45, 7) is 0.461. The fourth-order valence-electron chi connectivity index (χ4n) is 3.72. The molecule has 0 bridgehead atoms. The SMILES string of the molecule is NCCCCC(N)C(=O)NC(Cc1ccccc1)C(=O)NC(Cc1cnc[nH]1)C(=O)NC(CC(=O)O)C(=O)O. The number of carboxylic acid groups (broad SMARTS) is 2. The van der Waals surface area contributed by atoms with Crippen LogP contribution in [0.5, 0.6) is 0 Å². The number of carbonyl (C=O) groups excluding carboxylic acids is 3. The zero-order chi connectivity index (χ0) is 28.8. The molecule has 1 aromatic carbocycles. The van der Waals surface area contributed by atoms with E-state index < -0.39 is 60.2 Å². The zero-order valence-electron chi connectivity index (χ0n) is 21.3. The number of nitrogens with zero attached hydrogens (tertiary/aromatic N) is 1. The minimum atomic E-state index is -1.72. The van der Waals surface area contributed by atoms with Crippen molar-refractivity contribution in [3.8, 4) is 0 Å². The predicted molar refractivity (Wildman–Crippen MR) is 139 cm³/mol. The Morgan fingerprint density at radius 1 is 0.872 bits per heavy atom. The Bertz CT molecular complexity index is 1100. The second kappa shape index (κ2) is 15.8. The minimum Gasteiger partial charge on any atom is -0.481 e. The maximum atomic E-state index is 13.4. The molecule has 0 aliphatic carbocycles. The minimum absolute atomic E-state index is 0.0864. The topological polar surface area (TPSA) is 243 Å². The predicted octanol–water partition coefficient (Wildman–Crippen LogP) is -1.34. The number of amides is 3. The largest absolute Gasteiger partial charge is 0.481 e. The van der Waals surface area contributed by atoms with Crippen LogP contribution in [0, 0.1) is 0 Å². The van der Waals surface area contributed by atoms with Crippen LogP contribution in [0.25, 0.3) is 0 Å². The highest BCUT2D eigenvalue weighted by atomic mass is 16.4. The van der Waals surface area contributed by atoms with Crippen molar-refractivity contribution in [1.82, 2.24) is 25.9 Å². The average molecular weight is 546 g/mol. The first-order valence-electron chi connectivity index (χ1n) is 12.4. The Morgan fingerprint density at radius 3 is 2.05 bits per heavy atom. The Morgan fingerprint density at radius 2 is 1.49 bits per heavy atom. The molecule has 2 rings (SSSR count). The van der Waals surface area contributed by atoms with Gasteiger partial charge in [-0.15, -0.1) is 0 Å². The van der Waals surface area contributed by atoms with Gasteiger partial charge in [0.1, 0.15) is 18.1 Å². The van der Waals surface area contributed by atoms with E-state index in [4.69, 9.17) is 16.6 Å². The van der Waals surface area contributed by atoms with E-state index in [1.54, 1.807) is 30.3 Å². The summed E-state index contributed by atoms with van der Waals surface area (Å²) in [6.07, 6.45) is 3.59. The Hall–Kier alpha value is -4.30. The number of benzene rings is 1. The van der Waals surface area contributed by atoms with Gasteiger partial charge in [-0.1, -0.05) is 36.8 Å². The van der Waals surface area contributed by atoms with E-state index in [-0.39, 0.29) is 12.8 Å². The number of aliphatic carboxylic acids is 2. The summed E-state index contributed by atoms with van der Waals surface area (Å²) in [5.41, 5.74) is 12.7. The number of H-pyrrole nitrogens is 1. The van der Waals surface area contributed by atoms with Crippen molar-refractivity contribution < 1.29 is 34.2 Å². The first-order valence-corrected chi connectivity index (χ1v) is 12.4. The fourth-order valence-corrected chi connectivity index (χ4v) is 3.72. The van der Waals surface area contributed by atoms with Gasteiger partial charge in [0, 0.05) is 24.7 Å². The molecule has 39 heavy (non-hydrogen) atoms. The molecule has 0 aliphatic rings. The van der Waals surface area contributed by atoms with E-state index in [9.17, 15) is 29.1 Å². The van der Waals surface area contributed by atoms with E-state index in [0.717, 1.165) is 5.56 Å². The van der Waals surface area contributed by atoms with Gasteiger partial charge >= 0.3 is 11.9 Å². The van der Waals surface area contributed by atoms with Crippen molar-refractivity contribution in [2.75, 3.05) is 6.54 Å². The molecule has 0 saturated heterocycles. The Balaban J connectivity index is 2.24. The number of nitrogens with one attached hydrogen (secondary N) is 4. The molecule has 0 fully saturated rings. The summed E-state index contributed by atoms with van der Waals surface area (Å²) in [7, 11) is 0. The van der Waals surface area contributed by atoms with Crippen molar-refractivity contribution in [2.45, 2.75) is 62.7 Å². The van der Waals surface area contributed by atoms with E-state index in [1.807, 2.05) is 0 Å². The van der Waals surface area contributed by atoms with Crippen LogP contribution in [0.1, 0.15) is 36.9 Å². The number of carbonyl (C=O) groups is 5. The summed E-state index contributed by atoms with van der Waals surface area (Å²) < 4.78 is 0. The Labute approximate surface area is 224 Å². The van der Waals surface area contributed by atoms with E-state index in [2.05, 4.69) is 25.9 Å². The van der Waals surface area contributed by atoms with Crippen LogP contribution in [0.2, 0.25) is 0 Å². The third-order valence-electron chi connectivity index (χ3n) is 5.83. The molecule has 2 aromatic rings. The molecule has 10 N–H and O–H groups in total. The van der Waals surface area contributed by atoms with Crippen LogP contribution < -0.4 is 27.4 Å². The van der Waals surface area contributed by atoms with Gasteiger partial charge in [-0.2, -0.15) is 0 Å².